The normalized spacial score (nSPS) is 15.8. The van der Waals surface area contributed by atoms with Crippen LogP contribution in [0, 0.1) is 5.82 Å². The van der Waals surface area contributed by atoms with Gasteiger partial charge < -0.3 is 4.90 Å². The molecule has 5 rings (SSSR count). The molecule has 3 aromatic rings. The number of likely N-dealkylation sites (N-methyl/N-ethyl adjacent to an activating group) is 1. The first kappa shape index (κ1) is 26.6. The maximum absolute atomic E-state index is 13.9. The van der Waals surface area contributed by atoms with Gasteiger partial charge in [0.25, 0.3) is 10.0 Å². The minimum absolute atomic E-state index is 0.00446. The predicted molar refractivity (Wildman–Crippen MR) is 143 cm³/mol. The lowest BCUT2D eigenvalue weighted by Gasteiger charge is -2.32. The van der Waals surface area contributed by atoms with Crippen molar-refractivity contribution in [3.63, 3.8) is 0 Å². The Morgan fingerprint density at radius 2 is 1.81 bits per heavy atom. The quantitative estimate of drug-likeness (QED) is 0.492. The molecule has 194 valence electrons. The first-order valence-corrected chi connectivity index (χ1v) is 13.6. The van der Waals surface area contributed by atoms with Crippen molar-refractivity contribution < 1.29 is 17.6 Å². The zero-order valence-corrected chi connectivity index (χ0v) is 21.5. The van der Waals surface area contributed by atoms with Crippen LogP contribution >= 0.6 is 0 Å². The smallest absolute Gasteiger partial charge is 0.264 e. The van der Waals surface area contributed by atoms with Crippen LogP contribution in [-0.4, -0.2) is 68.9 Å². The Morgan fingerprint density at radius 3 is 2.51 bits per heavy atom. The van der Waals surface area contributed by atoms with E-state index in [-0.39, 0.29) is 16.1 Å². The third-order valence-corrected chi connectivity index (χ3v) is 7.66. The molecule has 0 atom stereocenters. The zero-order valence-electron chi connectivity index (χ0n) is 20.7. The van der Waals surface area contributed by atoms with E-state index in [2.05, 4.69) is 43.7 Å². The number of benzene rings is 2. The molecule has 0 spiro atoms. The van der Waals surface area contributed by atoms with Gasteiger partial charge in [-0.3, -0.25) is 24.4 Å². The number of pyridine rings is 1. The van der Waals surface area contributed by atoms with E-state index in [0.29, 0.717) is 18.4 Å². The summed E-state index contributed by atoms with van der Waals surface area (Å²) in [4.78, 5) is 23.7. The number of rotatable bonds is 6. The van der Waals surface area contributed by atoms with E-state index in [0.717, 1.165) is 24.6 Å². The number of aryl methyl sites for hydroxylation is 1. The number of para-hydroxylation sites is 1. The van der Waals surface area contributed by atoms with Crippen LogP contribution in [0.15, 0.2) is 70.8 Å². The number of sulfonamides is 1. The number of nitrogens with zero attached hydrogens (tertiary/aromatic N) is 4. The molecule has 37 heavy (non-hydrogen) atoms. The molecule has 2 aliphatic rings. The number of carbonyl (C=O) groups excluding carboxylic acids is 1. The van der Waals surface area contributed by atoms with Gasteiger partial charge in [-0.05, 0) is 67.4 Å². The molecule has 2 aromatic carbocycles. The number of halogens is 1. The molecule has 1 fully saturated rings. The van der Waals surface area contributed by atoms with E-state index in [1.807, 2.05) is 18.5 Å². The van der Waals surface area contributed by atoms with Gasteiger partial charge >= 0.3 is 0 Å². The molecule has 3 heterocycles. The predicted octanol–water partition coefficient (Wildman–Crippen LogP) is 3.92. The van der Waals surface area contributed by atoms with Gasteiger partial charge in [-0.1, -0.05) is 12.1 Å². The molecule has 0 radical (unpaired) electrons. The molecule has 1 saturated heterocycles. The van der Waals surface area contributed by atoms with Gasteiger partial charge in [0.1, 0.15) is 17.0 Å². The number of fused-ring (bicyclic) bond motifs is 1. The molecule has 0 bridgehead atoms. The van der Waals surface area contributed by atoms with Crippen LogP contribution in [0.25, 0.3) is 0 Å². The zero-order chi connectivity index (χ0) is 26.3. The summed E-state index contributed by atoms with van der Waals surface area (Å²) in [5.74, 6) is -0.813. The first-order chi connectivity index (χ1) is 17.9. The second-order valence-corrected chi connectivity index (χ2v) is 10.7. The fraction of sp³-hybridized carbons (Fsp3) is 0.296. The number of aldehydes is 1. The molecule has 1 aromatic heterocycles. The van der Waals surface area contributed by atoms with Crippen LogP contribution in [0.2, 0.25) is 0 Å². The monoisotopic (exact) mass is 523 g/mol. The highest BCUT2D eigenvalue weighted by Crippen LogP contribution is 2.33. The largest absolute Gasteiger partial charge is 0.304 e. The number of hydrogen-bond donors (Lipinski definition) is 1. The minimum atomic E-state index is -3.99. The standard InChI is InChI=1S/C16H13FN2O3S.C11H17N3/c17-13-9-11(10-20)6-7-14(13)19-23(21,22)15-5-1-3-12-4-2-8-18-16(12)15;1-13-6-8-14(9-7-13)10-11-2-4-12-5-3-11/h1,3,5-10,19H,2,4H2;2-5H,6-10H2,1H3. The molecule has 1 N–H and O–H groups in total. The molecule has 10 heteroatoms. The Hall–Kier alpha value is -3.47. The number of aromatic nitrogens is 1. The summed E-state index contributed by atoms with van der Waals surface area (Å²) in [6.45, 7) is 5.80. The molecular weight excluding hydrogens is 493 g/mol. The average Bonchev–Trinajstić information content (AvgIpc) is 2.91. The van der Waals surface area contributed by atoms with Crippen molar-refractivity contribution in [1.82, 2.24) is 14.8 Å². The summed E-state index contributed by atoms with van der Waals surface area (Å²) < 4.78 is 41.2. The van der Waals surface area contributed by atoms with E-state index in [9.17, 15) is 17.6 Å². The van der Waals surface area contributed by atoms with Crippen LogP contribution in [0.4, 0.5) is 15.8 Å². The maximum Gasteiger partial charge on any atom is 0.264 e. The lowest BCUT2D eigenvalue weighted by Crippen LogP contribution is -2.43. The van der Waals surface area contributed by atoms with Gasteiger partial charge in [0.15, 0.2) is 0 Å². The number of nitrogens with one attached hydrogen (secondary N) is 1. The third-order valence-electron chi connectivity index (χ3n) is 6.26. The van der Waals surface area contributed by atoms with Gasteiger partial charge in [0.05, 0.1) is 11.4 Å². The summed E-state index contributed by atoms with van der Waals surface area (Å²) in [6.07, 6.45) is 7.36. The lowest BCUT2D eigenvalue weighted by atomic mass is 10.1. The molecule has 8 nitrogen and oxygen atoms in total. The fourth-order valence-corrected chi connectivity index (χ4v) is 5.41. The van der Waals surface area contributed by atoms with Gasteiger partial charge in [0, 0.05) is 56.9 Å². The second kappa shape index (κ2) is 12.2. The molecular formula is C27H30FN5O3S. The fourth-order valence-electron chi connectivity index (χ4n) is 4.15. The second-order valence-electron chi connectivity index (χ2n) is 9.01. The van der Waals surface area contributed by atoms with E-state index in [1.54, 1.807) is 12.3 Å². The number of anilines is 1. The van der Waals surface area contributed by atoms with Crippen LogP contribution in [0.5, 0.6) is 0 Å². The van der Waals surface area contributed by atoms with E-state index in [1.165, 1.54) is 49.9 Å². The summed E-state index contributed by atoms with van der Waals surface area (Å²) in [5, 5.41) is 0. The number of hydrogen-bond acceptors (Lipinski definition) is 7. The molecule has 0 amide bonds. The molecule has 0 saturated carbocycles. The third kappa shape index (κ3) is 7.06. The van der Waals surface area contributed by atoms with Crippen molar-refractivity contribution in [1.29, 1.82) is 0 Å². The summed E-state index contributed by atoms with van der Waals surface area (Å²) in [5.41, 5.74) is 2.51. The summed E-state index contributed by atoms with van der Waals surface area (Å²) in [6, 6.07) is 12.6. The summed E-state index contributed by atoms with van der Waals surface area (Å²) in [7, 11) is -1.80. The van der Waals surface area contributed by atoms with Crippen molar-refractivity contribution in [3.8, 4) is 0 Å². The van der Waals surface area contributed by atoms with Gasteiger partial charge in [-0.15, -0.1) is 0 Å². The van der Waals surface area contributed by atoms with Gasteiger partial charge in [-0.25, -0.2) is 12.8 Å². The maximum atomic E-state index is 13.9. The average molecular weight is 524 g/mol. The number of carbonyl (C=O) groups is 1. The van der Waals surface area contributed by atoms with E-state index in [4.69, 9.17) is 0 Å². The van der Waals surface area contributed by atoms with Crippen LogP contribution < -0.4 is 4.72 Å². The number of piperazine rings is 1. The number of aliphatic imine (C=N–C) groups is 1. The van der Waals surface area contributed by atoms with Crippen molar-refractivity contribution in [3.05, 3.63) is 83.4 Å². The van der Waals surface area contributed by atoms with Gasteiger partial charge in [0.2, 0.25) is 0 Å². The Morgan fingerprint density at radius 1 is 1.05 bits per heavy atom. The SMILES string of the molecule is CN1CCN(Cc2ccncc2)CC1.O=Cc1ccc(NS(=O)(=O)c2cccc3c2N=CCC3)c(F)c1. The van der Waals surface area contributed by atoms with Crippen LogP contribution in [0.3, 0.4) is 0 Å². The van der Waals surface area contributed by atoms with Crippen molar-refractivity contribution in [2.75, 3.05) is 37.9 Å². The van der Waals surface area contributed by atoms with Crippen molar-refractivity contribution in [2.45, 2.75) is 24.3 Å². The first-order valence-electron chi connectivity index (χ1n) is 12.1. The highest BCUT2D eigenvalue weighted by atomic mass is 32.2. The Bertz CT molecular complexity index is 1360. The molecule has 0 aliphatic carbocycles. The Kier molecular flexibility index (Phi) is 8.75. The van der Waals surface area contributed by atoms with Crippen LogP contribution in [0.1, 0.15) is 27.9 Å². The van der Waals surface area contributed by atoms with Crippen LogP contribution in [-0.2, 0) is 23.0 Å². The van der Waals surface area contributed by atoms with Crippen molar-refractivity contribution >= 4 is 33.9 Å². The Balaban J connectivity index is 0.000000195. The lowest BCUT2D eigenvalue weighted by molar-refractivity contribution is 0.112. The topological polar surface area (TPSA) is 95.0 Å². The van der Waals surface area contributed by atoms with Gasteiger partial charge in [-0.2, -0.15) is 0 Å². The van der Waals surface area contributed by atoms with E-state index < -0.39 is 15.8 Å². The van der Waals surface area contributed by atoms with Crippen molar-refractivity contribution in [2.24, 2.45) is 4.99 Å². The summed E-state index contributed by atoms with van der Waals surface area (Å²) >= 11 is 0. The molecule has 2 aliphatic heterocycles. The van der Waals surface area contributed by atoms with E-state index >= 15 is 0 Å². The minimum Gasteiger partial charge on any atom is -0.304 e. The Labute approximate surface area is 216 Å². The highest BCUT2D eigenvalue weighted by Gasteiger charge is 2.23. The molecule has 0 unspecified atom stereocenters. The highest BCUT2D eigenvalue weighted by molar-refractivity contribution is 7.92.